The van der Waals surface area contributed by atoms with Crippen LogP contribution in [0.4, 0.5) is 0 Å². The SMILES string of the molecule is CCOc1cc(C(=O)O)ccc1OCCOc1cc(Cl)ccc1Cl. The number of hydrogen-bond donors (Lipinski definition) is 1. The molecule has 1 N–H and O–H groups in total. The summed E-state index contributed by atoms with van der Waals surface area (Å²) >= 11 is 11.9. The zero-order chi connectivity index (χ0) is 17.5. The highest BCUT2D eigenvalue weighted by Crippen LogP contribution is 2.29. The van der Waals surface area contributed by atoms with E-state index >= 15 is 0 Å². The van der Waals surface area contributed by atoms with Crippen molar-refractivity contribution in [2.45, 2.75) is 6.92 Å². The smallest absolute Gasteiger partial charge is 0.335 e. The molecule has 0 aliphatic rings. The van der Waals surface area contributed by atoms with Crippen molar-refractivity contribution in [1.82, 2.24) is 0 Å². The van der Waals surface area contributed by atoms with Gasteiger partial charge in [0.15, 0.2) is 11.5 Å². The van der Waals surface area contributed by atoms with Crippen molar-refractivity contribution in [2.75, 3.05) is 19.8 Å². The van der Waals surface area contributed by atoms with Gasteiger partial charge in [0, 0.05) is 11.1 Å². The molecule has 0 fully saturated rings. The van der Waals surface area contributed by atoms with E-state index in [0.717, 1.165) is 0 Å². The third-order valence-electron chi connectivity index (χ3n) is 2.98. The van der Waals surface area contributed by atoms with Crippen LogP contribution in [-0.2, 0) is 0 Å². The Labute approximate surface area is 149 Å². The summed E-state index contributed by atoms with van der Waals surface area (Å²) in [6.45, 7) is 2.68. The second-order valence-corrected chi connectivity index (χ2v) is 5.51. The van der Waals surface area contributed by atoms with Crippen LogP contribution in [0.1, 0.15) is 17.3 Å². The van der Waals surface area contributed by atoms with E-state index in [4.69, 9.17) is 42.5 Å². The van der Waals surface area contributed by atoms with Gasteiger partial charge < -0.3 is 19.3 Å². The van der Waals surface area contributed by atoms with Gasteiger partial charge in [-0.25, -0.2) is 4.79 Å². The molecule has 128 valence electrons. The molecule has 0 heterocycles. The van der Waals surface area contributed by atoms with Crippen LogP contribution in [0.5, 0.6) is 17.2 Å². The molecule has 0 saturated heterocycles. The van der Waals surface area contributed by atoms with Gasteiger partial charge in [0.1, 0.15) is 19.0 Å². The average Bonchev–Trinajstić information content (AvgIpc) is 2.55. The van der Waals surface area contributed by atoms with E-state index in [2.05, 4.69) is 0 Å². The van der Waals surface area contributed by atoms with Crippen LogP contribution in [0.15, 0.2) is 36.4 Å². The van der Waals surface area contributed by atoms with Gasteiger partial charge in [-0.3, -0.25) is 0 Å². The first-order chi connectivity index (χ1) is 11.5. The Bertz CT molecular complexity index is 718. The molecule has 2 aromatic carbocycles. The lowest BCUT2D eigenvalue weighted by molar-refractivity contribution is 0.0696. The van der Waals surface area contributed by atoms with Crippen LogP contribution in [0.3, 0.4) is 0 Å². The number of rotatable bonds is 8. The zero-order valence-corrected chi connectivity index (χ0v) is 14.4. The second kappa shape index (κ2) is 8.66. The van der Waals surface area contributed by atoms with Gasteiger partial charge in [0.05, 0.1) is 17.2 Å². The summed E-state index contributed by atoms with van der Waals surface area (Å²) in [5.74, 6) is 0.265. The van der Waals surface area contributed by atoms with Gasteiger partial charge >= 0.3 is 5.97 Å². The fourth-order valence-electron chi connectivity index (χ4n) is 1.92. The highest BCUT2D eigenvalue weighted by atomic mass is 35.5. The molecule has 0 unspecified atom stereocenters. The number of ether oxygens (including phenoxy) is 3. The summed E-state index contributed by atoms with van der Waals surface area (Å²) < 4.78 is 16.5. The molecule has 7 heteroatoms. The third-order valence-corrected chi connectivity index (χ3v) is 3.53. The summed E-state index contributed by atoms with van der Waals surface area (Å²) in [5, 5.41) is 10.0. The Kier molecular flexibility index (Phi) is 6.58. The fourth-order valence-corrected chi connectivity index (χ4v) is 2.25. The maximum Gasteiger partial charge on any atom is 0.335 e. The number of benzene rings is 2. The largest absolute Gasteiger partial charge is 0.490 e. The molecule has 0 radical (unpaired) electrons. The highest BCUT2D eigenvalue weighted by molar-refractivity contribution is 6.34. The van der Waals surface area contributed by atoms with Gasteiger partial charge in [0.2, 0.25) is 0 Å². The molecule has 5 nitrogen and oxygen atoms in total. The molecule has 0 amide bonds. The molecule has 0 aliphatic carbocycles. The quantitative estimate of drug-likeness (QED) is 0.690. The minimum atomic E-state index is -1.03. The number of carboxylic acid groups (broad SMARTS) is 1. The molecular weight excluding hydrogens is 355 g/mol. The Hall–Kier alpha value is -2.11. The first kappa shape index (κ1) is 18.2. The minimum Gasteiger partial charge on any atom is -0.490 e. The summed E-state index contributed by atoms with van der Waals surface area (Å²) in [7, 11) is 0. The number of hydrogen-bond acceptors (Lipinski definition) is 4. The standard InChI is InChI=1S/C17H16Cl2O5/c1-2-22-16-9-11(17(20)21)3-6-14(16)23-7-8-24-15-10-12(18)4-5-13(15)19/h3-6,9-10H,2,7-8H2,1H3,(H,20,21). The van der Waals surface area contributed by atoms with E-state index in [1.54, 1.807) is 24.3 Å². The number of carbonyl (C=O) groups is 1. The van der Waals surface area contributed by atoms with Crippen LogP contribution in [0, 0.1) is 0 Å². The third kappa shape index (κ3) is 4.94. The van der Waals surface area contributed by atoms with Crippen LogP contribution in [-0.4, -0.2) is 30.9 Å². The molecule has 0 aromatic heterocycles. The molecule has 2 aromatic rings. The van der Waals surface area contributed by atoms with Crippen molar-refractivity contribution < 1.29 is 24.1 Å². The Balaban J connectivity index is 1.96. The van der Waals surface area contributed by atoms with Crippen molar-refractivity contribution in [3.63, 3.8) is 0 Å². The lowest BCUT2D eigenvalue weighted by Crippen LogP contribution is -2.10. The van der Waals surface area contributed by atoms with Gasteiger partial charge in [-0.1, -0.05) is 23.2 Å². The fraction of sp³-hybridized carbons (Fsp3) is 0.235. The van der Waals surface area contributed by atoms with Gasteiger partial charge in [-0.05, 0) is 37.3 Å². The molecular formula is C17H16Cl2O5. The zero-order valence-electron chi connectivity index (χ0n) is 12.9. The molecule has 0 atom stereocenters. The summed E-state index contributed by atoms with van der Waals surface area (Å²) in [6.07, 6.45) is 0. The molecule has 0 bridgehead atoms. The summed E-state index contributed by atoms with van der Waals surface area (Å²) in [6, 6.07) is 9.38. The summed E-state index contributed by atoms with van der Waals surface area (Å²) in [5.41, 5.74) is 0.132. The number of carboxylic acids is 1. The van der Waals surface area contributed by atoms with Crippen molar-refractivity contribution >= 4 is 29.2 Å². The first-order valence-corrected chi connectivity index (χ1v) is 7.97. The van der Waals surface area contributed by atoms with Gasteiger partial charge in [0.25, 0.3) is 0 Å². The monoisotopic (exact) mass is 370 g/mol. The molecule has 2 rings (SSSR count). The number of halogens is 2. The van der Waals surface area contributed by atoms with E-state index < -0.39 is 5.97 Å². The van der Waals surface area contributed by atoms with Crippen molar-refractivity contribution in [2.24, 2.45) is 0 Å². The van der Waals surface area contributed by atoms with Crippen LogP contribution in [0.25, 0.3) is 0 Å². The van der Waals surface area contributed by atoms with Crippen molar-refractivity contribution in [3.05, 3.63) is 52.0 Å². The maximum atomic E-state index is 11.0. The molecule has 0 saturated carbocycles. The lowest BCUT2D eigenvalue weighted by atomic mass is 10.2. The van der Waals surface area contributed by atoms with Crippen LogP contribution < -0.4 is 14.2 Å². The normalized spacial score (nSPS) is 10.3. The Morgan fingerprint density at radius 1 is 0.958 bits per heavy atom. The predicted molar refractivity (Wildman–Crippen MR) is 92.0 cm³/mol. The molecule has 0 spiro atoms. The first-order valence-electron chi connectivity index (χ1n) is 7.22. The molecule has 24 heavy (non-hydrogen) atoms. The van der Waals surface area contributed by atoms with Crippen molar-refractivity contribution in [1.29, 1.82) is 0 Å². The second-order valence-electron chi connectivity index (χ2n) is 4.67. The van der Waals surface area contributed by atoms with E-state index in [-0.39, 0.29) is 18.8 Å². The van der Waals surface area contributed by atoms with Crippen LogP contribution in [0.2, 0.25) is 10.0 Å². The Morgan fingerprint density at radius 2 is 1.67 bits per heavy atom. The van der Waals surface area contributed by atoms with Crippen molar-refractivity contribution in [3.8, 4) is 17.2 Å². The lowest BCUT2D eigenvalue weighted by Gasteiger charge is -2.13. The number of aromatic carboxylic acids is 1. The topological polar surface area (TPSA) is 65.0 Å². The summed E-state index contributed by atoms with van der Waals surface area (Å²) in [4.78, 5) is 11.0. The van der Waals surface area contributed by atoms with E-state index in [1.807, 2.05) is 6.92 Å². The van der Waals surface area contributed by atoms with Gasteiger partial charge in [-0.15, -0.1) is 0 Å². The maximum absolute atomic E-state index is 11.0. The van der Waals surface area contributed by atoms with E-state index in [0.29, 0.717) is 33.9 Å². The van der Waals surface area contributed by atoms with E-state index in [1.165, 1.54) is 12.1 Å². The van der Waals surface area contributed by atoms with Gasteiger partial charge in [-0.2, -0.15) is 0 Å². The Morgan fingerprint density at radius 3 is 2.33 bits per heavy atom. The minimum absolute atomic E-state index is 0.132. The predicted octanol–water partition coefficient (Wildman–Crippen LogP) is 4.55. The molecule has 0 aliphatic heterocycles. The average molecular weight is 371 g/mol. The van der Waals surface area contributed by atoms with Crippen LogP contribution >= 0.6 is 23.2 Å². The van der Waals surface area contributed by atoms with E-state index in [9.17, 15) is 4.79 Å². The highest BCUT2D eigenvalue weighted by Gasteiger charge is 2.11.